The second-order valence-corrected chi connectivity index (χ2v) is 7.83. The molecule has 0 bridgehead atoms. The summed E-state index contributed by atoms with van der Waals surface area (Å²) in [5.74, 6) is -0.412. The fourth-order valence-electron chi connectivity index (χ4n) is 3.74. The van der Waals surface area contributed by atoms with E-state index in [9.17, 15) is 30.3 Å². The molecule has 1 aliphatic rings. The number of benzene rings is 1. The van der Waals surface area contributed by atoms with Crippen LogP contribution in [-0.2, 0) is 0 Å². The fourth-order valence-corrected chi connectivity index (χ4v) is 4.30. The van der Waals surface area contributed by atoms with E-state index < -0.39 is 42.1 Å². The first kappa shape index (κ1) is 20.2. The molecule has 0 unspecified atom stereocenters. The van der Waals surface area contributed by atoms with Gasteiger partial charge in [-0.15, -0.1) is 0 Å². The quantitative estimate of drug-likeness (QED) is 0.381. The van der Waals surface area contributed by atoms with Crippen molar-refractivity contribution in [3.63, 3.8) is 0 Å². The molecule has 29 heavy (non-hydrogen) atoms. The van der Waals surface area contributed by atoms with Crippen molar-refractivity contribution in [1.29, 1.82) is 0 Å². The average Bonchev–Trinajstić information content (AvgIpc) is 3.01. The lowest BCUT2D eigenvalue weighted by atomic mass is 9.88. The Bertz CT molecular complexity index is 1230. The molecular formula is C19H17Cl2NO7. The molecule has 4 rings (SSSR count). The Hall–Kier alpha value is -2.07. The van der Waals surface area contributed by atoms with E-state index in [2.05, 4.69) is 0 Å². The first-order valence-corrected chi connectivity index (χ1v) is 9.44. The smallest absolute Gasteiger partial charge is 0.213 e. The van der Waals surface area contributed by atoms with Gasteiger partial charge >= 0.3 is 0 Å². The molecule has 0 aliphatic heterocycles. The Labute approximate surface area is 173 Å². The lowest BCUT2D eigenvalue weighted by Crippen LogP contribution is -2.47. The second-order valence-electron chi connectivity index (χ2n) is 7.03. The van der Waals surface area contributed by atoms with Crippen molar-refractivity contribution >= 4 is 45.3 Å². The fraction of sp³-hybridized carbons (Fsp3) is 0.316. The maximum absolute atomic E-state index is 13.0. The molecule has 5 N–H and O–H groups in total. The summed E-state index contributed by atoms with van der Waals surface area (Å²) in [7, 11) is 0. The van der Waals surface area contributed by atoms with Crippen molar-refractivity contribution in [3.8, 4) is 5.75 Å². The number of halogens is 2. The highest BCUT2D eigenvalue weighted by Gasteiger charge is 2.39. The van der Waals surface area contributed by atoms with E-state index in [0.717, 1.165) is 0 Å². The Morgan fingerprint density at radius 1 is 1.17 bits per heavy atom. The van der Waals surface area contributed by atoms with Gasteiger partial charge in [0.05, 0.1) is 23.1 Å². The standard InChI is InChI=1S/C19H17Cl2NO7/c1-6-2-9(20)15(26)12-14(25)8-4-11(21)22(19(8)29-18(6)12)10-3-7(5-23)13(24)17(28)16(10)27/h2-4,10,13,16-17,23-24,26-28H,5H2,1H3/t10-,13-,16+,17+/m1/s1. The summed E-state index contributed by atoms with van der Waals surface area (Å²) in [6, 6.07) is 1.73. The number of aryl methyl sites for hydroxylation is 1. The number of hydrogen-bond acceptors (Lipinski definition) is 7. The summed E-state index contributed by atoms with van der Waals surface area (Å²) >= 11 is 12.3. The van der Waals surface area contributed by atoms with E-state index in [1.807, 2.05) is 0 Å². The highest BCUT2D eigenvalue weighted by molar-refractivity contribution is 6.33. The number of aromatic hydroxyl groups is 1. The van der Waals surface area contributed by atoms with Gasteiger partial charge in [-0.3, -0.25) is 9.36 Å². The summed E-state index contributed by atoms with van der Waals surface area (Å²) in [5, 5.41) is 50.3. The Balaban J connectivity index is 2.07. The largest absolute Gasteiger partial charge is 0.505 e. The first-order valence-electron chi connectivity index (χ1n) is 8.68. The number of phenols is 1. The molecule has 3 aromatic rings. The first-order chi connectivity index (χ1) is 13.7. The SMILES string of the molecule is Cc1cc(Cl)c(O)c2c(=O)c3cc(Cl)n([C@@H]4C=C(CO)[C@@H](O)[C@H](O)[C@H]4O)c3oc12. The van der Waals surface area contributed by atoms with Crippen LogP contribution in [0.4, 0.5) is 0 Å². The van der Waals surface area contributed by atoms with E-state index >= 15 is 0 Å². The number of aromatic nitrogens is 1. The summed E-state index contributed by atoms with van der Waals surface area (Å²) in [6.45, 7) is 1.10. The number of aliphatic hydroxyl groups is 4. The van der Waals surface area contributed by atoms with Gasteiger partial charge in [0.15, 0.2) is 0 Å². The van der Waals surface area contributed by atoms with Crippen molar-refractivity contribution in [2.45, 2.75) is 31.3 Å². The molecule has 1 aliphatic carbocycles. The molecule has 0 amide bonds. The Morgan fingerprint density at radius 2 is 1.86 bits per heavy atom. The molecule has 1 aromatic carbocycles. The van der Waals surface area contributed by atoms with E-state index in [1.165, 1.54) is 22.8 Å². The normalized spacial score (nSPS) is 25.0. The van der Waals surface area contributed by atoms with Gasteiger partial charge in [-0.1, -0.05) is 29.3 Å². The molecular weight excluding hydrogens is 425 g/mol. The molecule has 8 nitrogen and oxygen atoms in total. The maximum Gasteiger partial charge on any atom is 0.213 e. The van der Waals surface area contributed by atoms with E-state index in [1.54, 1.807) is 6.92 Å². The van der Waals surface area contributed by atoms with Crippen LogP contribution in [0.2, 0.25) is 10.2 Å². The van der Waals surface area contributed by atoms with Crippen LogP contribution < -0.4 is 5.43 Å². The third-order valence-electron chi connectivity index (χ3n) is 5.27. The van der Waals surface area contributed by atoms with Crippen molar-refractivity contribution in [2.24, 2.45) is 0 Å². The molecule has 2 aromatic heterocycles. The van der Waals surface area contributed by atoms with Gasteiger partial charge in [-0.2, -0.15) is 0 Å². The van der Waals surface area contributed by atoms with Crippen molar-refractivity contribution in [3.05, 3.63) is 49.7 Å². The predicted molar refractivity (Wildman–Crippen MR) is 107 cm³/mol. The zero-order chi connectivity index (χ0) is 21.2. The van der Waals surface area contributed by atoms with Crippen LogP contribution in [0.5, 0.6) is 5.75 Å². The van der Waals surface area contributed by atoms with Gasteiger partial charge in [0, 0.05) is 0 Å². The molecule has 0 saturated heterocycles. The lowest BCUT2D eigenvalue weighted by Gasteiger charge is -2.35. The van der Waals surface area contributed by atoms with Crippen molar-refractivity contribution in [1.82, 2.24) is 4.57 Å². The van der Waals surface area contributed by atoms with Crippen LogP contribution in [0, 0.1) is 6.92 Å². The van der Waals surface area contributed by atoms with Gasteiger partial charge in [-0.25, -0.2) is 0 Å². The number of fused-ring (bicyclic) bond motifs is 2. The maximum atomic E-state index is 13.0. The van der Waals surface area contributed by atoms with Gasteiger partial charge in [0.2, 0.25) is 11.1 Å². The summed E-state index contributed by atoms with van der Waals surface area (Å²) in [4.78, 5) is 13.0. The van der Waals surface area contributed by atoms with E-state index in [-0.39, 0.29) is 37.8 Å². The molecule has 0 spiro atoms. The highest BCUT2D eigenvalue weighted by atomic mass is 35.5. The monoisotopic (exact) mass is 441 g/mol. The minimum Gasteiger partial charge on any atom is -0.505 e. The van der Waals surface area contributed by atoms with Gasteiger partial charge < -0.3 is 29.9 Å². The minimum atomic E-state index is -1.59. The third-order valence-corrected chi connectivity index (χ3v) is 5.85. The van der Waals surface area contributed by atoms with Crippen LogP contribution in [0.3, 0.4) is 0 Å². The van der Waals surface area contributed by atoms with Gasteiger partial charge in [0.25, 0.3) is 0 Å². The van der Waals surface area contributed by atoms with Gasteiger partial charge in [0.1, 0.15) is 40.2 Å². The molecule has 4 atom stereocenters. The van der Waals surface area contributed by atoms with Crippen molar-refractivity contribution < 1.29 is 29.9 Å². The number of phenolic OH excluding ortho intramolecular Hbond substituents is 1. The van der Waals surface area contributed by atoms with Crippen molar-refractivity contribution in [2.75, 3.05) is 6.61 Å². The zero-order valence-corrected chi connectivity index (χ0v) is 16.5. The summed E-state index contributed by atoms with van der Waals surface area (Å²) < 4.78 is 7.18. The zero-order valence-electron chi connectivity index (χ0n) is 15.0. The summed E-state index contributed by atoms with van der Waals surface area (Å²) in [5.41, 5.74) is 0.116. The molecule has 0 saturated carbocycles. The van der Waals surface area contributed by atoms with Crippen LogP contribution >= 0.6 is 23.2 Å². The third kappa shape index (κ3) is 2.87. The molecule has 0 fully saturated rings. The molecule has 154 valence electrons. The number of aliphatic hydroxyl groups excluding tert-OH is 4. The topological polar surface area (TPSA) is 136 Å². The van der Waals surface area contributed by atoms with Crippen LogP contribution in [0.1, 0.15) is 11.6 Å². The minimum absolute atomic E-state index is 0.00139. The van der Waals surface area contributed by atoms with Crippen LogP contribution in [0.25, 0.3) is 22.1 Å². The van der Waals surface area contributed by atoms with E-state index in [0.29, 0.717) is 5.56 Å². The lowest BCUT2D eigenvalue weighted by molar-refractivity contribution is -0.0695. The highest BCUT2D eigenvalue weighted by Crippen LogP contribution is 2.38. The number of hydrogen-bond donors (Lipinski definition) is 5. The predicted octanol–water partition coefficient (Wildman–Crippen LogP) is 1.62. The second kappa shape index (κ2) is 7.02. The molecule has 2 heterocycles. The Kier molecular flexibility index (Phi) is 4.89. The molecule has 10 heteroatoms. The van der Waals surface area contributed by atoms with Gasteiger partial charge in [-0.05, 0) is 30.2 Å². The summed E-state index contributed by atoms with van der Waals surface area (Å²) in [6.07, 6.45) is -3.16. The van der Waals surface area contributed by atoms with Crippen LogP contribution in [-0.4, -0.2) is 55.0 Å². The van der Waals surface area contributed by atoms with E-state index in [4.69, 9.17) is 27.6 Å². The average molecular weight is 442 g/mol. The van der Waals surface area contributed by atoms with Crippen LogP contribution in [0.15, 0.2) is 33.0 Å². The number of rotatable bonds is 2. The Morgan fingerprint density at radius 3 is 2.52 bits per heavy atom. The molecule has 0 radical (unpaired) electrons. The number of nitrogens with zero attached hydrogens (tertiary/aromatic N) is 1.